The van der Waals surface area contributed by atoms with Gasteiger partial charge in [-0.2, -0.15) is 0 Å². The van der Waals surface area contributed by atoms with Gasteiger partial charge < -0.3 is 0 Å². The van der Waals surface area contributed by atoms with Gasteiger partial charge >= 0.3 is 0 Å². The van der Waals surface area contributed by atoms with Gasteiger partial charge in [0.15, 0.2) is 6.29 Å². The van der Waals surface area contributed by atoms with Gasteiger partial charge in [-0.1, -0.05) is 35.9 Å². The van der Waals surface area contributed by atoms with Crippen LogP contribution in [0.15, 0.2) is 42.5 Å². The third kappa shape index (κ3) is 2.14. The van der Waals surface area contributed by atoms with Gasteiger partial charge in [0.25, 0.3) is 5.91 Å². The minimum atomic E-state index is -0.230. The summed E-state index contributed by atoms with van der Waals surface area (Å²) in [4.78, 5) is 24.3. The standard InChI is InChI=1S/C18H14ClNO2/c1-11-7-8-14(16(19)9-11)18(22)20-12(2)15(10-21)13-5-3-4-6-17(13)20/h3-10H,1-2H3. The molecule has 4 heteroatoms. The van der Waals surface area contributed by atoms with Gasteiger partial charge in [0, 0.05) is 16.6 Å². The van der Waals surface area contributed by atoms with Crippen molar-refractivity contribution in [2.24, 2.45) is 0 Å². The third-order valence-electron chi connectivity index (χ3n) is 3.84. The first-order valence-electron chi connectivity index (χ1n) is 6.90. The Balaban J connectivity index is 2.28. The normalized spacial score (nSPS) is 10.9. The number of nitrogens with zero attached hydrogens (tertiary/aromatic N) is 1. The monoisotopic (exact) mass is 311 g/mol. The summed E-state index contributed by atoms with van der Waals surface area (Å²) in [6, 6.07) is 12.7. The van der Waals surface area contributed by atoms with Crippen molar-refractivity contribution in [3.05, 3.63) is 69.9 Å². The molecular weight excluding hydrogens is 298 g/mol. The first-order chi connectivity index (χ1) is 10.5. The summed E-state index contributed by atoms with van der Waals surface area (Å²) in [6.07, 6.45) is 0.790. The van der Waals surface area contributed by atoms with Gasteiger partial charge in [0.05, 0.1) is 16.1 Å². The lowest BCUT2D eigenvalue weighted by Crippen LogP contribution is -2.14. The molecule has 0 aliphatic carbocycles. The van der Waals surface area contributed by atoms with Crippen LogP contribution >= 0.6 is 11.6 Å². The topological polar surface area (TPSA) is 39.1 Å². The molecule has 1 aromatic heterocycles. The molecule has 0 spiro atoms. The molecule has 0 saturated carbocycles. The number of rotatable bonds is 2. The maximum atomic E-state index is 12.9. The van der Waals surface area contributed by atoms with E-state index in [4.69, 9.17) is 11.6 Å². The molecule has 0 atom stereocenters. The van der Waals surface area contributed by atoms with Crippen molar-refractivity contribution in [1.82, 2.24) is 4.57 Å². The molecule has 0 aliphatic heterocycles. The highest BCUT2D eigenvalue weighted by Gasteiger charge is 2.20. The van der Waals surface area contributed by atoms with Crippen LogP contribution in [0.4, 0.5) is 0 Å². The maximum absolute atomic E-state index is 12.9. The molecular formula is C18H14ClNO2. The fraction of sp³-hybridized carbons (Fsp3) is 0.111. The zero-order chi connectivity index (χ0) is 15.9. The van der Waals surface area contributed by atoms with E-state index in [-0.39, 0.29) is 5.91 Å². The summed E-state index contributed by atoms with van der Waals surface area (Å²) in [6.45, 7) is 3.69. The van der Waals surface area contributed by atoms with Crippen LogP contribution < -0.4 is 0 Å². The Labute approximate surface area is 133 Å². The number of aryl methyl sites for hydroxylation is 1. The Bertz CT molecular complexity index is 909. The Kier molecular flexibility index (Phi) is 3.59. The number of para-hydroxylation sites is 1. The van der Waals surface area contributed by atoms with E-state index < -0.39 is 0 Å². The minimum absolute atomic E-state index is 0.230. The average Bonchev–Trinajstić information content (AvgIpc) is 2.78. The summed E-state index contributed by atoms with van der Waals surface area (Å²) in [5.41, 5.74) is 3.28. The Morgan fingerprint density at radius 3 is 2.55 bits per heavy atom. The molecule has 22 heavy (non-hydrogen) atoms. The van der Waals surface area contributed by atoms with Gasteiger partial charge in [-0.3, -0.25) is 14.2 Å². The smallest absolute Gasteiger partial charge is 0.264 e. The number of aldehydes is 1. The van der Waals surface area contributed by atoms with E-state index in [0.29, 0.717) is 27.4 Å². The van der Waals surface area contributed by atoms with Crippen LogP contribution in [0.5, 0.6) is 0 Å². The Morgan fingerprint density at radius 2 is 1.86 bits per heavy atom. The quantitative estimate of drug-likeness (QED) is 0.657. The molecule has 0 fully saturated rings. The van der Waals surface area contributed by atoms with Crippen LogP contribution in [0.2, 0.25) is 5.02 Å². The van der Waals surface area contributed by atoms with Gasteiger partial charge in [0.1, 0.15) is 0 Å². The lowest BCUT2D eigenvalue weighted by molar-refractivity contribution is 0.0963. The molecule has 3 aromatic rings. The van der Waals surface area contributed by atoms with Crippen molar-refractivity contribution in [3.8, 4) is 0 Å². The predicted molar refractivity (Wildman–Crippen MR) is 88.0 cm³/mol. The van der Waals surface area contributed by atoms with Crippen LogP contribution in [0.3, 0.4) is 0 Å². The fourth-order valence-corrected chi connectivity index (χ4v) is 3.03. The molecule has 0 amide bonds. The van der Waals surface area contributed by atoms with Crippen molar-refractivity contribution in [1.29, 1.82) is 0 Å². The maximum Gasteiger partial charge on any atom is 0.264 e. The molecule has 2 aromatic carbocycles. The van der Waals surface area contributed by atoms with Crippen molar-refractivity contribution in [3.63, 3.8) is 0 Å². The van der Waals surface area contributed by atoms with Crippen LogP contribution in [-0.2, 0) is 0 Å². The number of carbonyl (C=O) groups is 2. The van der Waals surface area contributed by atoms with Crippen LogP contribution in [0.1, 0.15) is 32.0 Å². The molecule has 0 unspecified atom stereocenters. The summed E-state index contributed by atoms with van der Waals surface area (Å²) in [7, 11) is 0. The summed E-state index contributed by atoms with van der Waals surface area (Å²) >= 11 is 6.21. The molecule has 1 heterocycles. The number of benzene rings is 2. The predicted octanol–water partition coefficient (Wildman–Crippen LogP) is 4.41. The van der Waals surface area contributed by atoms with Gasteiger partial charge in [0.2, 0.25) is 0 Å². The Hall–Kier alpha value is -2.39. The SMILES string of the molecule is Cc1ccc(C(=O)n2c(C)c(C=O)c3ccccc32)c(Cl)c1. The molecule has 3 rings (SSSR count). The first kappa shape index (κ1) is 14.5. The number of fused-ring (bicyclic) bond motifs is 1. The first-order valence-corrected chi connectivity index (χ1v) is 7.28. The van der Waals surface area contributed by atoms with Gasteiger partial charge in [-0.25, -0.2) is 0 Å². The summed E-state index contributed by atoms with van der Waals surface area (Å²) in [5.74, 6) is -0.230. The highest BCUT2D eigenvalue weighted by molar-refractivity contribution is 6.34. The second-order valence-electron chi connectivity index (χ2n) is 5.26. The highest BCUT2D eigenvalue weighted by atomic mass is 35.5. The third-order valence-corrected chi connectivity index (χ3v) is 4.15. The van der Waals surface area contributed by atoms with Crippen molar-refractivity contribution in [2.75, 3.05) is 0 Å². The second kappa shape index (κ2) is 5.43. The number of aromatic nitrogens is 1. The molecule has 0 aliphatic rings. The van der Waals surface area contributed by atoms with E-state index in [1.54, 1.807) is 23.6 Å². The fourth-order valence-electron chi connectivity index (χ4n) is 2.72. The number of carbonyl (C=O) groups excluding carboxylic acids is 2. The zero-order valence-electron chi connectivity index (χ0n) is 12.3. The molecule has 0 saturated heterocycles. The highest BCUT2D eigenvalue weighted by Crippen LogP contribution is 2.27. The van der Waals surface area contributed by atoms with Crippen molar-refractivity contribution in [2.45, 2.75) is 13.8 Å². The van der Waals surface area contributed by atoms with Crippen LogP contribution in [-0.4, -0.2) is 16.8 Å². The number of hydrogen-bond donors (Lipinski definition) is 0. The van der Waals surface area contributed by atoms with E-state index in [2.05, 4.69) is 0 Å². The molecule has 0 bridgehead atoms. The molecule has 3 nitrogen and oxygen atoms in total. The van der Waals surface area contributed by atoms with Crippen LogP contribution in [0.25, 0.3) is 10.9 Å². The van der Waals surface area contributed by atoms with Gasteiger partial charge in [-0.15, -0.1) is 0 Å². The largest absolute Gasteiger partial charge is 0.298 e. The van der Waals surface area contributed by atoms with E-state index in [1.165, 1.54) is 0 Å². The second-order valence-corrected chi connectivity index (χ2v) is 5.67. The van der Waals surface area contributed by atoms with E-state index >= 15 is 0 Å². The van der Waals surface area contributed by atoms with Gasteiger partial charge in [-0.05, 0) is 37.6 Å². The van der Waals surface area contributed by atoms with Crippen molar-refractivity contribution >= 4 is 34.7 Å². The Morgan fingerprint density at radius 1 is 1.14 bits per heavy atom. The van der Waals surface area contributed by atoms with E-state index in [1.807, 2.05) is 37.3 Å². The minimum Gasteiger partial charge on any atom is -0.298 e. The lowest BCUT2D eigenvalue weighted by atomic mass is 10.1. The van der Waals surface area contributed by atoms with Crippen molar-refractivity contribution < 1.29 is 9.59 Å². The molecule has 110 valence electrons. The van der Waals surface area contributed by atoms with E-state index in [0.717, 1.165) is 17.2 Å². The lowest BCUT2D eigenvalue weighted by Gasteiger charge is -2.09. The number of hydrogen-bond acceptors (Lipinski definition) is 2. The van der Waals surface area contributed by atoms with Crippen LogP contribution in [0, 0.1) is 13.8 Å². The summed E-state index contributed by atoms with van der Waals surface area (Å²) in [5, 5.41) is 1.18. The molecule has 0 N–H and O–H groups in total. The number of halogens is 1. The zero-order valence-corrected chi connectivity index (χ0v) is 13.0. The van der Waals surface area contributed by atoms with E-state index in [9.17, 15) is 9.59 Å². The average molecular weight is 312 g/mol. The summed E-state index contributed by atoms with van der Waals surface area (Å²) < 4.78 is 1.55. The molecule has 0 radical (unpaired) electrons.